The van der Waals surface area contributed by atoms with Crippen LogP contribution in [0.5, 0.6) is 0 Å². The number of unbranched alkanes of at least 4 members (excludes halogenated alkanes) is 2. The van der Waals surface area contributed by atoms with Crippen molar-refractivity contribution in [1.82, 2.24) is 0 Å². The molecular weight excluding hydrogens is 126 g/mol. The van der Waals surface area contributed by atoms with Crippen LogP contribution in [0.4, 0.5) is 0 Å². The topological polar surface area (TPSA) is 46.2 Å². The van der Waals surface area contributed by atoms with E-state index in [4.69, 9.17) is 10.8 Å². The molecular formula is C8H17NO. The van der Waals surface area contributed by atoms with Crippen LogP contribution in [0.2, 0.25) is 0 Å². The summed E-state index contributed by atoms with van der Waals surface area (Å²) in [6, 6.07) is 0. The van der Waals surface area contributed by atoms with Gasteiger partial charge < -0.3 is 10.8 Å². The van der Waals surface area contributed by atoms with Gasteiger partial charge in [-0.1, -0.05) is 31.9 Å². The summed E-state index contributed by atoms with van der Waals surface area (Å²) in [5, 5.41) is 8.95. The minimum absolute atomic E-state index is 0.322. The molecule has 0 radical (unpaired) electrons. The first-order chi connectivity index (χ1) is 4.81. The number of rotatable bonds is 5. The van der Waals surface area contributed by atoms with Gasteiger partial charge in [0.15, 0.2) is 0 Å². The van der Waals surface area contributed by atoms with Crippen LogP contribution in [0, 0.1) is 0 Å². The molecule has 60 valence electrons. The maximum Gasteiger partial charge on any atom is 0.0843 e. The summed E-state index contributed by atoms with van der Waals surface area (Å²) in [4.78, 5) is 0. The highest BCUT2D eigenvalue weighted by Crippen LogP contribution is 1.95. The molecule has 0 saturated carbocycles. The van der Waals surface area contributed by atoms with E-state index in [1.165, 1.54) is 12.8 Å². The fourth-order valence-corrected chi connectivity index (χ4v) is 0.654. The van der Waals surface area contributed by atoms with Crippen LogP contribution < -0.4 is 5.73 Å². The third-order valence-corrected chi connectivity index (χ3v) is 1.32. The van der Waals surface area contributed by atoms with Gasteiger partial charge in [0.1, 0.15) is 0 Å². The predicted molar refractivity (Wildman–Crippen MR) is 43.7 cm³/mol. The fraction of sp³-hybridized carbons (Fsp3) is 0.750. The van der Waals surface area contributed by atoms with Crippen molar-refractivity contribution in [2.75, 3.05) is 6.54 Å². The van der Waals surface area contributed by atoms with E-state index < -0.39 is 6.10 Å². The SMILES string of the molecule is CCCCC=CC(O)CN. The van der Waals surface area contributed by atoms with Crippen molar-refractivity contribution >= 4 is 0 Å². The normalized spacial score (nSPS) is 14.3. The van der Waals surface area contributed by atoms with Crippen molar-refractivity contribution < 1.29 is 5.11 Å². The Labute approximate surface area is 62.7 Å². The molecule has 0 aliphatic heterocycles. The highest BCUT2D eigenvalue weighted by molar-refractivity contribution is 4.88. The quantitative estimate of drug-likeness (QED) is 0.446. The van der Waals surface area contributed by atoms with E-state index in [-0.39, 0.29) is 0 Å². The van der Waals surface area contributed by atoms with Gasteiger partial charge >= 0.3 is 0 Å². The molecule has 1 unspecified atom stereocenters. The lowest BCUT2D eigenvalue weighted by Crippen LogP contribution is -2.16. The first kappa shape index (κ1) is 9.66. The first-order valence-electron chi connectivity index (χ1n) is 3.86. The van der Waals surface area contributed by atoms with Gasteiger partial charge in [-0.25, -0.2) is 0 Å². The van der Waals surface area contributed by atoms with Crippen LogP contribution in [0.3, 0.4) is 0 Å². The Bertz CT molecular complexity index is 91.3. The predicted octanol–water partition coefficient (Wildman–Crippen LogP) is 1.05. The number of aliphatic hydroxyl groups excluding tert-OH is 1. The number of aliphatic hydroxyl groups is 1. The monoisotopic (exact) mass is 143 g/mol. The fourth-order valence-electron chi connectivity index (χ4n) is 0.654. The van der Waals surface area contributed by atoms with Gasteiger partial charge in [0.05, 0.1) is 6.10 Å². The van der Waals surface area contributed by atoms with Crippen molar-refractivity contribution in [3.05, 3.63) is 12.2 Å². The summed E-state index contributed by atoms with van der Waals surface area (Å²) in [5.41, 5.74) is 5.19. The molecule has 0 rings (SSSR count). The number of nitrogens with two attached hydrogens (primary N) is 1. The van der Waals surface area contributed by atoms with E-state index in [2.05, 4.69) is 6.92 Å². The van der Waals surface area contributed by atoms with Gasteiger partial charge in [-0.15, -0.1) is 0 Å². The number of allylic oxidation sites excluding steroid dienone is 1. The minimum atomic E-state index is -0.447. The molecule has 1 atom stereocenters. The lowest BCUT2D eigenvalue weighted by atomic mass is 10.2. The molecule has 0 aromatic rings. The Balaban J connectivity index is 3.18. The summed E-state index contributed by atoms with van der Waals surface area (Å²) in [7, 11) is 0. The van der Waals surface area contributed by atoms with Gasteiger partial charge in [0.2, 0.25) is 0 Å². The Hall–Kier alpha value is -0.340. The molecule has 0 aromatic carbocycles. The van der Waals surface area contributed by atoms with E-state index in [1.807, 2.05) is 6.08 Å². The molecule has 0 heterocycles. The Morgan fingerprint density at radius 3 is 2.80 bits per heavy atom. The lowest BCUT2D eigenvalue weighted by Gasteiger charge is -1.97. The van der Waals surface area contributed by atoms with E-state index in [9.17, 15) is 0 Å². The molecule has 0 aliphatic carbocycles. The molecule has 0 aliphatic rings. The Kier molecular flexibility index (Phi) is 6.55. The molecule has 10 heavy (non-hydrogen) atoms. The van der Waals surface area contributed by atoms with E-state index >= 15 is 0 Å². The van der Waals surface area contributed by atoms with E-state index in [0.29, 0.717) is 6.54 Å². The third-order valence-electron chi connectivity index (χ3n) is 1.32. The van der Waals surface area contributed by atoms with Crippen LogP contribution in [0.1, 0.15) is 26.2 Å². The van der Waals surface area contributed by atoms with Gasteiger partial charge in [0.25, 0.3) is 0 Å². The first-order valence-corrected chi connectivity index (χ1v) is 3.86. The summed E-state index contributed by atoms with van der Waals surface area (Å²) in [6.07, 6.45) is 6.73. The molecule has 0 bridgehead atoms. The standard InChI is InChI=1S/C8H17NO/c1-2-3-4-5-6-8(10)7-9/h5-6,8,10H,2-4,7,9H2,1H3. The smallest absolute Gasteiger partial charge is 0.0843 e. The largest absolute Gasteiger partial charge is 0.388 e. The van der Waals surface area contributed by atoms with Crippen molar-refractivity contribution in [1.29, 1.82) is 0 Å². The van der Waals surface area contributed by atoms with Gasteiger partial charge in [0, 0.05) is 6.54 Å². The summed E-state index contributed by atoms with van der Waals surface area (Å²) >= 11 is 0. The maximum absolute atomic E-state index is 8.95. The van der Waals surface area contributed by atoms with Gasteiger partial charge in [-0.3, -0.25) is 0 Å². The molecule has 0 saturated heterocycles. The van der Waals surface area contributed by atoms with Crippen molar-refractivity contribution in [3.8, 4) is 0 Å². The maximum atomic E-state index is 8.95. The molecule has 0 amide bonds. The average Bonchev–Trinajstić information content (AvgIpc) is 1.98. The highest BCUT2D eigenvalue weighted by Gasteiger charge is 1.90. The summed E-state index contributed by atoms with van der Waals surface area (Å²) < 4.78 is 0. The molecule has 3 N–H and O–H groups in total. The van der Waals surface area contributed by atoms with Crippen molar-refractivity contribution in [2.45, 2.75) is 32.3 Å². The van der Waals surface area contributed by atoms with Crippen LogP contribution in [-0.4, -0.2) is 17.8 Å². The zero-order chi connectivity index (χ0) is 7.82. The number of hydrogen-bond acceptors (Lipinski definition) is 2. The summed E-state index contributed by atoms with van der Waals surface area (Å²) in [5.74, 6) is 0. The van der Waals surface area contributed by atoms with Gasteiger partial charge in [-0.05, 0) is 6.42 Å². The van der Waals surface area contributed by atoms with Crippen molar-refractivity contribution in [2.24, 2.45) is 5.73 Å². The second kappa shape index (κ2) is 6.78. The molecule has 2 nitrogen and oxygen atoms in total. The Morgan fingerprint density at radius 1 is 1.60 bits per heavy atom. The molecule has 2 heteroatoms. The second-order valence-electron chi connectivity index (χ2n) is 2.37. The molecule has 0 aromatic heterocycles. The zero-order valence-electron chi connectivity index (χ0n) is 6.59. The molecule has 0 spiro atoms. The zero-order valence-corrected chi connectivity index (χ0v) is 6.59. The van der Waals surface area contributed by atoms with E-state index in [0.717, 1.165) is 6.42 Å². The highest BCUT2D eigenvalue weighted by atomic mass is 16.3. The number of hydrogen-bond donors (Lipinski definition) is 2. The van der Waals surface area contributed by atoms with Crippen LogP contribution in [0.25, 0.3) is 0 Å². The Morgan fingerprint density at radius 2 is 2.30 bits per heavy atom. The summed E-state index contributed by atoms with van der Waals surface area (Å²) in [6.45, 7) is 2.47. The molecule has 0 fully saturated rings. The lowest BCUT2D eigenvalue weighted by molar-refractivity contribution is 0.231. The van der Waals surface area contributed by atoms with Crippen LogP contribution in [-0.2, 0) is 0 Å². The average molecular weight is 143 g/mol. The van der Waals surface area contributed by atoms with Gasteiger partial charge in [-0.2, -0.15) is 0 Å². The van der Waals surface area contributed by atoms with E-state index in [1.54, 1.807) is 6.08 Å². The van der Waals surface area contributed by atoms with Crippen LogP contribution in [0.15, 0.2) is 12.2 Å². The van der Waals surface area contributed by atoms with Crippen molar-refractivity contribution in [3.63, 3.8) is 0 Å². The third kappa shape index (κ3) is 5.79. The van der Waals surface area contributed by atoms with Crippen LogP contribution >= 0.6 is 0 Å². The minimum Gasteiger partial charge on any atom is -0.388 e. The second-order valence-corrected chi connectivity index (χ2v) is 2.37.